The molecule has 0 aliphatic rings. The number of nitrogens with one attached hydrogen (secondary N) is 1. The Morgan fingerprint density at radius 1 is 1.33 bits per heavy atom. The Hall–Kier alpha value is -1.68. The molecule has 0 saturated heterocycles. The lowest BCUT2D eigenvalue weighted by atomic mass is 10.3. The van der Waals surface area contributed by atoms with Gasteiger partial charge in [-0.25, -0.2) is 13.6 Å². The number of nitro groups is 1. The highest BCUT2D eigenvalue weighted by atomic mass is 35.5. The molecule has 0 aliphatic heterocycles. The van der Waals surface area contributed by atoms with Crippen LogP contribution in [-0.2, 0) is 16.6 Å². The lowest BCUT2D eigenvalue weighted by molar-refractivity contribution is -0.380. The summed E-state index contributed by atoms with van der Waals surface area (Å²) >= 11 is 6.99. The summed E-state index contributed by atoms with van der Waals surface area (Å²) in [7, 11) is -3.82. The monoisotopic (exact) mass is 347 g/mol. The summed E-state index contributed by atoms with van der Waals surface area (Å²) in [4.78, 5) is 10.8. The molecular weight excluding hydrogens is 338 g/mol. The van der Waals surface area contributed by atoms with Gasteiger partial charge in [0, 0.05) is 17.5 Å². The van der Waals surface area contributed by atoms with Crippen LogP contribution < -0.4 is 10.5 Å². The molecule has 0 radical (unpaired) electrons. The highest BCUT2D eigenvalue weighted by molar-refractivity contribution is 7.89. The van der Waals surface area contributed by atoms with E-state index in [-0.39, 0.29) is 16.4 Å². The summed E-state index contributed by atoms with van der Waals surface area (Å²) in [5, 5.41) is 18.9. The Bertz CT molecular complexity index is 789. The van der Waals surface area contributed by atoms with Crippen molar-refractivity contribution in [2.24, 2.45) is 5.14 Å². The molecular formula is C11H10ClN3O4S2. The molecule has 0 spiro atoms. The van der Waals surface area contributed by atoms with Crippen LogP contribution >= 0.6 is 22.9 Å². The third-order valence-electron chi connectivity index (χ3n) is 2.55. The Balaban J connectivity index is 2.17. The van der Waals surface area contributed by atoms with Gasteiger partial charge in [-0.1, -0.05) is 22.9 Å². The van der Waals surface area contributed by atoms with E-state index in [0.717, 1.165) is 16.2 Å². The van der Waals surface area contributed by atoms with E-state index >= 15 is 0 Å². The predicted molar refractivity (Wildman–Crippen MR) is 81.1 cm³/mol. The van der Waals surface area contributed by atoms with Crippen molar-refractivity contribution >= 4 is 43.6 Å². The van der Waals surface area contributed by atoms with Crippen LogP contribution in [0.4, 0.5) is 10.7 Å². The number of anilines is 1. The zero-order valence-electron chi connectivity index (χ0n) is 10.4. The molecule has 7 nitrogen and oxygen atoms in total. The van der Waals surface area contributed by atoms with E-state index in [4.69, 9.17) is 16.7 Å². The summed E-state index contributed by atoms with van der Waals surface area (Å²) in [5.74, 6) is 0. The highest BCUT2D eigenvalue weighted by Crippen LogP contribution is 2.28. The standard InChI is InChI=1S/C11H10ClN3O4S2/c12-9-3-2-8(21(13,18)19)5-10(9)14-6-7-1-4-11(20-7)15(16)17/h1-5,14H,6H2,(H2,13,18,19). The van der Waals surface area contributed by atoms with Crippen LogP contribution in [0.3, 0.4) is 0 Å². The fourth-order valence-corrected chi connectivity index (χ4v) is 3.04. The van der Waals surface area contributed by atoms with Crippen molar-refractivity contribution in [3.8, 4) is 0 Å². The molecule has 1 heterocycles. The quantitative estimate of drug-likeness (QED) is 0.637. The van der Waals surface area contributed by atoms with E-state index < -0.39 is 14.9 Å². The third kappa shape index (κ3) is 3.91. The fraction of sp³-hybridized carbons (Fsp3) is 0.0909. The van der Waals surface area contributed by atoms with Crippen molar-refractivity contribution in [3.05, 3.63) is 50.3 Å². The second-order valence-corrected chi connectivity index (χ2v) is 7.15. The first-order chi connectivity index (χ1) is 9.77. The fourth-order valence-electron chi connectivity index (χ4n) is 1.56. The van der Waals surface area contributed by atoms with Crippen LogP contribution in [0.15, 0.2) is 35.2 Å². The van der Waals surface area contributed by atoms with Crippen LogP contribution in [-0.4, -0.2) is 13.3 Å². The zero-order chi connectivity index (χ0) is 15.6. The topological polar surface area (TPSA) is 115 Å². The Morgan fingerprint density at radius 3 is 2.62 bits per heavy atom. The molecule has 10 heteroatoms. The molecule has 112 valence electrons. The largest absolute Gasteiger partial charge is 0.379 e. The number of hydrogen-bond acceptors (Lipinski definition) is 6. The van der Waals surface area contributed by atoms with Crippen LogP contribution in [0, 0.1) is 10.1 Å². The molecule has 0 bridgehead atoms. The SMILES string of the molecule is NS(=O)(=O)c1ccc(Cl)c(NCc2ccc([N+](=O)[O-])s2)c1. The molecule has 0 fully saturated rings. The first-order valence-electron chi connectivity index (χ1n) is 5.56. The van der Waals surface area contributed by atoms with Crippen molar-refractivity contribution in [1.29, 1.82) is 0 Å². The molecule has 0 atom stereocenters. The number of nitrogens with zero attached hydrogens (tertiary/aromatic N) is 1. The summed E-state index contributed by atoms with van der Waals surface area (Å²) in [5.41, 5.74) is 0.388. The van der Waals surface area contributed by atoms with E-state index in [2.05, 4.69) is 5.32 Å². The van der Waals surface area contributed by atoms with E-state index in [0.29, 0.717) is 10.7 Å². The van der Waals surface area contributed by atoms with Crippen molar-refractivity contribution in [2.45, 2.75) is 11.4 Å². The maximum atomic E-state index is 11.3. The van der Waals surface area contributed by atoms with Crippen molar-refractivity contribution in [3.63, 3.8) is 0 Å². The van der Waals surface area contributed by atoms with Gasteiger partial charge in [-0.2, -0.15) is 0 Å². The summed E-state index contributed by atoms with van der Waals surface area (Å²) in [6, 6.07) is 7.07. The zero-order valence-corrected chi connectivity index (χ0v) is 12.8. The van der Waals surface area contributed by atoms with Gasteiger partial charge >= 0.3 is 5.00 Å². The Morgan fingerprint density at radius 2 is 2.05 bits per heavy atom. The molecule has 3 N–H and O–H groups in total. The van der Waals surface area contributed by atoms with Gasteiger partial charge in [0.25, 0.3) is 0 Å². The second kappa shape index (κ2) is 5.98. The molecule has 1 aromatic carbocycles. The smallest absolute Gasteiger partial charge is 0.324 e. The lowest BCUT2D eigenvalue weighted by Crippen LogP contribution is -2.12. The van der Waals surface area contributed by atoms with Gasteiger partial charge in [-0.3, -0.25) is 10.1 Å². The van der Waals surface area contributed by atoms with Crippen LogP contribution in [0.1, 0.15) is 4.88 Å². The molecule has 0 unspecified atom stereocenters. The van der Waals surface area contributed by atoms with Gasteiger partial charge in [0.15, 0.2) is 0 Å². The van der Waals surface area contributed by atoms with Gasteiger partial charge in [0.05, 0.1) is 20.5 Å². The Labute approximate surface area is 129 Å². The number of sulfonamides is 1. The average molecular weight is 348 g/mol. The van der Waals surface area contributed by atoms with E-state index in [1.165, 1.54) is 24.3 Å². The average Bonchev–Trinajstić information content (AvgIpc) is 2.85. The lowest BCUT2D eigenvalue weighted by Gasteiger charge is -2.08. The first-order valence-corrected chi connectivity index (χ1v) is 8.31. The van der Waals surface area contributed by atoms with E-state index in [1.54, 1.807) is 6.07 Å². The predicted octanol–water partition coefficient (Wildman–Crippen LogP) is 2.57. The molecule has 1 aromatic heterocycles. The third-order valence-corrected chi connectivity index (χ3v) is 4.82. The van der Waals surface area contributed by atoms with E-state index in [1.807, 2.05) is 0 Å². The summed E-state index contributed by atoms with van der Waals surface area (Å²) in [6.07, 6.45) is 0. The van der Waals surface area contributed by atoms with Crippen molar-refractivity contribution in [1.82, 2.24) is 0 Å². The number of nitrogens with two attached hydrogens (primary N) is 1. The molecule has 0 saturated carbocycles. The number of primary sulfonamides is 1. The highest BCUT2D eigenvalue weighted by Gasteiger charge is 2.12. The maximum absolute atomic E-state index is 11.3. The van der Waals surface area contributed by atoms with Gasteiger partial charge in [-0.15, -0.1) is 0 Å². The number of thiophene rings is 1. The Kier molecular flexibility index (Phi) is 4.47. The number of hydrogen-bond donors (Lipinski definition) is 2. The van der Waals surface area contributed by atoms with Gasteiger partial charge in [0.2, 0.25) is 10.0 Å². The van der Waals surface area contributed by atoms with E-state index in [9.17, 15) is 18.5 Å². The van der Waals surface area contributed by atoms with Crippen molar-refractivity contribution in [2.75, 3.05) is 5.32 Å². The minimum Gasteiger partial charge on any atom is -0.379 e. The van der Waals surface area contributed by atoms with Gasteiger partial charge < -0.3 is 5.32 Å². The minimum absolute atomic E-state index is 0.0381. The first kappa shape index (κ1) is 15.7. The summed E-state index contributed by atoms with van der Waals surface area (Å²) in [6.45, 7) is 0.284. The molecule has 2 aromatic rings. The van der Waals surface area contributed by atoms with Crippen LogP contribution in [0.5, 0.6) is 0 Å². The van der Waals surface area contributed by atoms with Gasteiger partial charge in [0.1, 0.15) is 0 Å². The molecule has 21 heavy (non-hydrogen) atoms. The minimum atomic E-state index is -3.82. The molecule has 0 aliphatic carbocycles. The number of benzene rings is 1. The van der Waals surface area contributed by atoms with Crippen LogP contribution in [0.2, 0.25) is 5.02 Å². The number of rotatable bonds is 5. The van der Waals surface area contributed by atoms with Crippen LogP contribution in [0.25, 0.3) is 0 Å². The molecule has 2 rings (SSSR count). The number of halogens is 1. The van der Waals surface area contributed by atoms with Gasteiger partial charge in [-0.05, 0) is 24.3 Å². The van der Waals surface area contributed by atoms with Crippen molar-refractivity contribution < 1.29 is 13.3 Å². The second-order valence-electron chi connectivity index (χ2n) is 4.04. The molecule has 0 amide bonds. The summed E-state index contributed by atoms with van der Waals surface area (Å²) < 4.78 is 22.6. The normalized spacial score (nSPS) is 11.3. The maximum Gasteiger partial charge on any atom is 0.324 e.